The second kappa shape index (κ2) is 6.79. The Morgan fingerprint density at radius 2 is 1.75 bits per heavy atom. The van der Waals surface area contributed by atoms with Crippen molar-refractivity contribution in [1.29, 1.82) is 0 Å². The van der Waals surface area contributed by atoms with Crippen LogP contribution < -0.4 is 0 Å². The Labute approximate surface area is 142 Å². The minimum absolute atomic E-state index is 0.0326. The lowest BCUT2D eigenvalue weighted by atomic mass is 10.1. The van der Waals surface area contributed by atoms with Gasteiger partial charge in [0.2, 0.25) is 15.9 Å². The topological polar surface area (TPSA) is 76.2 Å². The van der Waals surface area contributed by atoms with Gasteiger partial charge in [-0.2, -0.15) is 4.31 Å². The van der Waals surface area contributed by atoms with Gasteiger partial charge in [-0.1, -0.05) is 17.7 Å². The van der Waals surface area contributed by atoms with Crippen LogP contribution in [0, 0.1) is 6.92 Å². The molecule has 1 amide bonds. The van der Waals surface area contributed by atoms with Gasteiger partial charge in [0.15, 0.2) is 0 Å². The van der Waals surface area contributed by atoms with Crippen LogP contribution in [0.5, 0.6) is 0 Å². The summed E-state index contributed by atoms with van der Waals surface area (Å²) in [6.45, 7) is 3.23. The van der Waals surface area contributed by atoms with Crippen molar-refractivity contribution in [2.75, 3.05) is 39.9 Å². The Kier molecular flexibility index (Phi) is 4.91. The molecule has 2 aliphatic heterocycles. The molecule has 2 bridgehead atoms. The smallest absolute Gasteiger partial charge is 0.248 e. The molecular weight excluding hydrogens is 332 g/mol. The summed E-state index contributed by atoms with van der Waals surface area (Å²) in [7, 11) is -2.06. The zero-order valence-electron chi connectivity index (χ0n) is 13.8. The third kappa shape index (κ3) is 3.46. The first-order valence-corrected chi connectivity index (χ1v) is 9.33. The number of ether oxygens (including phenoxy) is 2. The molecule has 0 radical (unpaired) electrons. The summed E-state index contributed by atoms with van der Waals surface area (Å²) < 4.78 is 37.8. The zero-order valence-corrected chi connectivity index (χ0v) is 14.7. The summed E-state index contributed by atoms with van der Waals surface area (Å²) in [5, 5.41) is 0. The molecule has 1 aromatic carbocycles. The average molecular weight is 354 g/mol. The highest BCUT2D eigenvalue weighted by Crippen LogP contribution is 2.25. The van der Waals surface area contributed by atoms with Crippen LogP contribution in [0.15, 0.2) is 29.2 Å². The number of carbonyl (C=O) groups is 1. The molecule has 1 aromatic rings. The third-order valence-electron chi connectivity index (χ3n) is 4.33. The summed E-state index contributed by atoms with van der Waals surface area (Å²) in [4.78, 5) is 14.0. The minimum atomic E-state index is -3.54. The van der Waals surface area contributed by atoms with Crippen molar-refractivity contribution >= 4 is 15.9 Å². The maximum absolute atomic E-state index is 12.8. The Morgan fingerprint density at radius 3 is 2.29 bits per heavy atom. The van der Waals surface area contributed by atoms with E-state index < -0.39 is 10.0 Å². The van der Waals surface area contributed by atoms with Gasteiger partial charge in [-0.3, -0.25) is 4.79 Å². The molecule has 24 heavy (non-hydrogen) atoms. The highest BCUT2D eigenvalue weighted by Gasteiger charge is 2.40. The molecule has 2 saturated heterocycles. The average Bonchev–Trinajstić information content (AvgIpc) is 2.54. The van der Waals surface area contributed by atoms with E-state index in [9.17, 15) is 13.2 Å². The number of aryl methyl sites for hydroxylation is 1. The van der Waals surface area contributed by atoms with E-state index in [4.69, 9.17) is 9.47 Å². The summed E-state index contributed by atoms with van der Waals surface area (Å²) in [6, 6.07) is 6.84. The van der Waals surface area contributed by atoms with Crippen LogP contribution in [0.25, 0.3) is 0 Å². The highest BCUT2D eigenvalue weighted by molar-refractivity contribution is 7.89. The van der Waals surface area contributed by atoms with E-state index in [1.807, 2.05) is 6.92 Å². The summed E-state index contributed by atoms with van der Waals surface area (Å²) in [5.74, 6) is -0.0920. The molecule has 2 aliphatic rings. The number of carbonyl (C=O) groups excluding carboxylic acids is 1. The van der Waals surface area contributed by atoms with E-state index in [1.165, 1.54) is 11.4 Å². The first-order chi connectivity index (χ1) is 11.4. The molecule has 3 rings (SSSR count). The van der Waals surface area contributed by atoms with Crippen LogP contribution >= 0.6 is 0 Å². The van der Waals surface area contributed by atoms with Crippen LogP contribution in [0.2, 0.25) is 0 Å². The van der Waals surface area contributed by atoms with E-state index in [1.54, 1.807) is 29.2 Å². The number of benzene rings is 1. The summed E-state index contributed by atoms with van der Waals surface area (Å²) in [5.41, 5.74) is 1.01. The number of hydrogen-bond acceptors (Lipinski definition) is 5. The van der Waals surface area contributed by atoms with Crippen LogP contribution in [0.4, 0.5) is 0 Å². The normalized spacial score (nSPS) is 24.8. The number of hydrogen-bond donors (Lipinski definition) is 0. The fraction of sp³-hybridized carbons (Fsp3) is 0.562. The van der Waals surface area contributed by atoms with Crippen LogP contribution in [-0.2, 0) is 24.3 Å². The standard InChI is InChI=1S/C16H22N2O5S/c1-12-3-5-15(6-4-12)24(20,21)18-9-13-7-17(16(19)11-22-2)8-14(10-18)23-13/h3-6,13-14H,7-11H2,1-2H3. The fourth-order valence-electron chi connectivity index (χ4n) is 3.13. The van der Waals surface area contributed by atoms with Crippen molar-refractivity contribution in [3.05, 3.63) is 29.8 Å². The van der Waals surface area contributed by atoms with Gasteiger partial charge in [0, 0.05) is 33.3 Å². The van der Waals surface area contributed by atoms with Crippen molar-refractivity contribution in [3.63, 3.8) is 0 Å². The van der Waals surface area contributed by atoms with E-state index in [-0.39, 0.29) is 37.8 Å². The molecule has 132 valence electrons. The van der Waals surface area contributed by atoms with Gasteiger partial charge in [-0.25, -0.2) is 8.42 Å². The van der Waals surface area contributed by atoms with Gasteiger partial charge >= 0.3 is 0 Å². The third-order valence-corrected chi connectivity index (χ3v) is 6.17. The Bertz CT molecular complexity index is 690. The van der Waals surface area contributed by atoms with Crippen LogP contribution in [0.1, 0.15) is 5.56 Å². The predicted molar refractivity (Wildman–Crippen MR) is 87.1 cm³/mol. The second-order valence-electron chi connectivity index (χ2n) is 6.25. The maximum Gasteiger partial charge on any atom is 0.248 e. The molecular formula is C16H22N2O5S. The first kappa shape index (κ1) is 17.3. The number of rotatable bonds is 4. The monoisotopic (exact) mass is 354 g/mol. The zero-order chi connectivity index (χ0) is 17.3. The first-order valence-electron chi connectivity index (χ1n) is 7.89. The Hall–Kier alpha value is -1.48. The number of amides is 1. The van der Waals surface area contributed by atoms with Crippen molar-refractivity contribution < 1.29 is 22.7 Å². The van der Waals surface area contributed by atoms with Crippen molar-refractivity contribution in [2.45, 2.75) is 24.0 Å². The number of sulfonamides is 1. The Morgan fingerprint density at radius 1 is 1.17 bits per heavy atom. The van der Waals surface area contributed by atoms with Gasteiger partial charge in [-0.05, 0) is 19.1 Å². The maximum atomic E-state index is 12.8. The number of fused-ring (bicyclic) bond motifs is 2. The van der Waals surface area contributed by atoms with Crippen molar-refractivity contribution in [1.82, 2.24) is 9.21 Å². The van der Waals surface area contributed by atoms with E-state index in [2.05, 4.69) is 0 Å². The molecule has 2 heterocycles. The fourth-order valence-corrected chi connectivity index (χ4v) is 4.63. The van der Waals surface area contributed by atoms with Gasteiger partial charge in [0.25, 0.3) is 0 Å². The summed E-state index contributed by atoms with van der Waals surface area (Å²) >= 11 is 0. The largest absolute Gasteiger partial charge is 0.375 e. The number of morpholine rings is 2. The molecule has 7 nitrogen and oxygen atoms in total. The van der Waals surface area contributed by atoms with E-state index in [0.717, 1.165) is 5.56 Å². The second-order valence-corrected chi connectivity index (χ2v) is 8.18. The van der Waals surface area contributed by atoms with Gasteiger partial charge in [0.05, 0.1) is 17.1 Å². The molecule has 2 atom stereocenters. The predicted octanol–water partition coefficient (Wildman–Crippen LogP) is 0.242. The van der Waals surface area contributed by atoms with E-state index >= 15 is 0 Å². The minimum Gasteiger partial charge on any atom is -0.375 e. The van der Waals surface area contributed by atoms with Gasteiger partial charge in [0.1, 0.15) is 6.61 Å². The van der Waals surface area contributed by atoms with Gasteiger partial charge < -0.3 is 14.4 Å². The molecule has 0 N–H and O–H groups in total. The molecule has 0 aliphatic carbocycles. The van der Waals surface area contributed by atoms with Crippen LogP contribution in [-0.4, -0.2) is 75.6 Å². The summed E-state index contributed by atoms with van der Waals surface area (Å²) in [6.07, 6.45) is -0.614. The van der Waals surface area contributed by atoms with Crippen molar-refractivity contribution in [2.24, 2.45) is 0 Å². The SMILES string of the molecule is COCC(=O)N1CC2CN(S(=O)(=O)c3ccc(C)cc3)CC(C1)O2. The number of methoxy groups -OCH3 is 1. The van der Waals surface area contributed by atoms with E-state index in [0.29, 0.717) is 18.0 Å². The lowest BCUT2D eigenvalue weighted by molar-refractivity contribution is -0.157. The molecule has 0 aromatic heterocycles. The molecule has 8 heteroatoms. The molecule has 2 fully saturated rings. The highest BCUT2D eigenvalue weighted by atomic mass is 32.2. The Balaban J connectivity index is 1.73. The van der Waals surface area contributed by atoms with Crippen LogP contribution in [0.3, 0.4) is 0 Å². The molecule has 2 unspecified atom stereocenters. The quantitative estimate of drug-likeness (QED) is 0.774. The van der Waals surface area contributed by atoms with Crippen molar-refractivity contribution in [3.8, 4) is 0 Å². The molecule has 0 spiro atoms. The number of nitrogens with zero attached hydrogens (tertiary/aromatic N) is 2. The van der Waals surface area contributed by atoms with Gasteiger partial charge in [-0.15, -0.1) is 0 Å². The lowest BCUT2D eigenvalue weighted by Gasteiger charge is -2.45. The molecule has 0 saturated carbocycles. The lowest BCUT2D eigenvalue weighted by Crippen LogP contribution is -2.61.